The molecule has 6 atom stereocenters. The molecule has 4 aliphatic rings. The van der Waals surface area contributed by atoms with Crippen LogP contribution in [0.2, 0.25) is 0 Å². The minimum Gasteiger partial charge on any atom is -0.342 e. The van der Waals surface area contributed by atoms with E-state index in [1.807, 2.05) is 22.9 Å². The topological polar surface area (TPSA) is 40.6 Å². The third kappa shape index (κ3) is 1.30. The van der Waals surface area contributed by atoms with Crippen molar-refractivity contribution in [2.45, 2.75) is 31.8 Å². The van der Waals surface area contributed by atoms with E-state index >= 15 is 0 Å². The van der Waals surface area contributed by atoms with Gasteiger partial charge in [-0.05, 0) is 18.3 Å². The number of nitrogens with zero attached hydrogens (tertiary/aromatic N) is 2. The van der Waals surface area contributed by atoms with Gasteiger partial charge in [-0.2, -0.15) is 0 Å². The van der Waals surface area contributed by atoms with E-state index in [-0.39, 0.29) is 23.8 Å². The zero-order chi connectivity index (χ0) is 13.3. The van der Waals surface area contributed by atoms with Gasteiger partial charge in [0.25, 0.3) is 0 Å². The molecule has 4 rings (SSSR count). The predicted molar refractivity (Wildman–Crippen MR) is 70.1 cm³/mol. The van der Waals surface area contributed by atoms with Gasteiger partial charge in [-0.1, -0.05) is 19.1 Å². The lowest BCUT2D eigenvalue weighted by molar-refractivity contribution is -0.159. The van der Waals surface area contributed by atoms with E-state index in [2.05, 4.69) is 13.0 Å². The summed E-state index contributed by atoms with van der Waals surface area (Å²) in [6, 6.07) is 0.363. The van der Waals surface area contributed by atoms with Crippen LogP contribution < -0.4 is 0 Å². The summed E-state index contributed by atoms with van der Waals surface area (Å²) in [5.74, 6) is 2.02. The van der Waals surface area contributed by atoms with Crippen molar-refractivity contribution in [2.75, 3.05) is 13.6 Å². The van der Waals surface area contributed by atoms with Crippen LogP contribution in [0.3, 0.4) is 0 Å². The second-order valence-corrected chi connectivity index (χ2v) is 6.67. The molecule has 0 aromatic rings. The van der Waals surface area contributed by atoms with Crippen LogP contribution in [-0.4, -0.2) is 47.3 Å². The second kappa shape index (κ2) is 3.62. The Morgan fingerprint density at radius 1 is 1.32 bits per heavy atom. The van der Waals surface area contributed by atoms with Crippen molar-refractivity contribution < 1.29 is 9.59 Å². The van der Waals surface area contributed by atoms with Gasteiger partial charge in [-0.3, -0.25) is 9.59 Å². The number of piperidine rings is 2. The quantitative estimate of drug-likeness (QED) is 0.607. The van der Waals surface area contributed by atoms with Gasteiger partial charge in [0, 0.05) is 32.0 Å². The van der Waals surface area contributed by atoms with E-state index in [1.165, 1.54) is 0 Å². The summed E-state index contributed by atoms with van der Waals surface area (Å²) in [5, 5.41) is 0. The summed E-state index contributed by atoms with van der Waals surface area (Å²) in [7, 11) is 1.95. The highest BCUT2D eigenvalue weighted by molar-refractivity contribution is 5.86. The molecule has 19 heavy (non-hydrogen) atoms. The molecule has 0 aromatic carbocycles. The van der Waals surface area contributed by atoms with Gasteiger partial charge < -0.3 is 9.80 Å². The predicted octanol–water partition coefficient (Wildman–Crippen LogP) is 0.886. The lowest BCUT2D eigenvalue weighted by atomic mass is 9.68. The van der Waals surface area contributed by atoms with Gasteiger partial charge in [-0.25, -0.2) is 0 Å². The highest BCUT2D eigenvalue weighted by Crippen LogP contribution is 2.53. The van der Waals surface area contributed by atoms with Crippen molar-refractivity contribution >= 4 is 11.8 Å². The summed E-state index contributed by atoms with van der Waals surface area (Å²) >= 11 is 0. The third-order valence-electron chi connectivity index (χ3n) is 5.89. The number of carbonyl (C=O) groups is 2. The molecule has 0 N–H and O–H groups in total. The molecule has 3 aliphatic heterocycles. The molecule has 0 aromatic heterocycles. The molecule has 4 nitrogen and oxygen atoms in total. The largest absolute Gasteiger partial charge is 0.342 e. The van der Waals surface area contributed by atoms with E-state index in [0.717, 1.165) is 13.0 Å². The molecule has 2 saturated heterocycles. The number of carbonyl (C=O) groups excluding carboxylic acids is 2. The Hall–Kier alpha value is -1.32. The van der Waals surface area contributed by atoms with E-state index in [1.54, 1.807) is 0 Å². The Balaban J connectivity index is 1.82. The van der Waals surface area contributed by atoms with Crippen molar-refractivity contribution in [1.29, 1.82) is 0 Å². The van der Waals surface area contributed by atoms with Crippen LogP contribution in [-0.2, 0) is 9.59 Å². The molecular formula is C15H20N2O2. The van der Waals surface area contributed by atoms with Crippen LogP contribution in [0.15, 0.2) is 12.2 Å². The molecule has 3 unspecified atom stereocenters. The van der Waals surface area contributed by atoms with Crippen molar-refractivity contribution in [1.82, 2.24) is 9.80 Å². The van der Waals surface area contributed by atoms with E-state index < -0.39 is 0 Å². The van der Waals surface area contributed by atoms with Crippen LogP contribution in [0.25, 0.3) is 0 Å². The monoisotopic (exact) mass is 260 g/mol. The molecular weight excluding hydrogens is 240 g/mol. The zero-order valence-corrected chi connectivity index (χ0v) is 11.5. The minimum atomic E-state index is -0.00185. The molecule has 4 bridgehead atoms. The Bertz CT molecular complexity index is 487. The number of fused-ring (bicyclic) bond motifs is 2. The average Bonchev–Trinajstić information content (AvgIpc) is 2.68. The van der Waals surface area contributed by atoms with Crippen molar-refractivity contribution in [3.63, 3.8) is 0 Å². The van der Waals surface area contributed by atoms with Gasteiger partial charge in [0.15, 0.2) is 0 Å². The van der Waals surface area contributed by atoms with Gasteiger partial charge in [0.1, 0.15) is 0 Å². The molecule has 0 radical (unpaired) electrons. The number of amides is 2. The Morgan fingerprint density at radius 2 is 2.11 bits per heavy atom. The molecule has 4 heteroatoms. The first-order valence-corrected chi connectivity index (χ1v) is 7.32. The maximum absolute atomic E-state index is 12.7. The number of likely N-dealkylation sites (tertiary alicyclic amines) is 1. The fourth-order valence-corrected chi connectivity index (χ4v) is 5.10. The second-order valence-electron chi connectivity index (χ2n) is 6.67. The summed E-state index contributed by atoms with van der Waals surface area (Å²) < 4.78 is 0. The van der Waals surface area contributed by atoms with Gasteiger partial charge in [0.2, 0.25) is 11.8 Å². The van der Waals surface area contributed by atoms with E-state index in [4.69, 9.17) is 0 Å². The van der Waals surface area contributed by atoms with Crippen LogP contribution >= 0.6 is 0 Å². The van der Waals surface area contributed by atoms with Gasteiger partial charge in [0.05, 0.1) is 12.0 Å². The molecule has 1 aliphatic carbocycles. The Kier molecular flexibility index (Phi) is 2.19. The maximum atomic E-state index is 12.7. The first-order chi connectivity index (χ1) is 9.09. The van der Waals surface area contributed by atoms with Gasteiger partial charge >= 0.3 is 0 Å². The third-order valence-corrected chi connectivity index (χ3v) is 5.89. The first-order valence-electron chi connectivity index (χ1n) is 7.32. The smallest absolute Gasteiger partial charge is 0.228 e. The fraction of sp³-hybridized carbons (Fsp3) is 0.733. The molecule has 1 saturated carbocycles. The normalized spacial score (nSPS) is 47.7. The zero-order valence-electron chi connectivity index (χ0n) is 11.5. The molecule has 0 spiro atoms. The lowest BCUT2D eigenvalue weighted by Crippen LogP contribution is -2.65. The number of hydrogen-bond donors (Lipinski definition) is 0. The summed E-state index contributed by atoms with van der Waals surface area (Å²) in [6.07, 6.45) is 5.65. The summed E-state index contributed by atoms with van der Waals surface area (Å²) in [4.78, 5) is 28.7. The Labute approximate surface area is 113 Å². The van der Waals surface area contributed by atoms with Crippen LogP contribution in [0.1, 0.15) is 19.8 Å². The van der Waals surface area contributed by atoms with Crippen molar-refractivity contribution in [3.8, 4) is 0 Å². The van der Waals surface area contributed by atoms with E-state index in [0.29, 0.717) is 30.2 Å². The van der Waals surface area contributed by atoms with Crippen molar-refractivity contribution in [2.24, 2.45) is 23.7 Å². The Morgan fingerprint density at radius 3 is 2.89 bits per heavy atom. The minimum absolute atomic E-state index is 0.00185. The SMILES string of the molecule is C[C@@H]1C[C@H]2[C@H]3CN4C(=O)CC=CC4C(C(=O)N2C)C13. The lowest BCUT2D eigenvalue weighted by Gasteiger charge is -2.53. The average molecular weight is 260 g/mol. The van der Waals surface area contributed by atoms with Gasteiger partial charge in [-0.15, -0.1) is 0 Å². The highest BCUT2D eigenvalue weighted by atomic mass is 16.2. The number of hydrogen-bond acceptors (Lipinski definition) is 2. The molecule has 3 fully saturated rings. The number of rotatable bonds is 0. The highest BCUT2D eigenvalue weighted by Gasteiger charge is 2.60. The maximum Gasteiger partial charge on any atom is 0.228 e. The van der Waals surface area contributed by atoms with Crippen LogP contribution in [0, 0.1) is 23.7 Å². The molecule has 3 heterocycles. The molecule has 2 amide bonds. The van der Waals surface area contributed by atoms with Crippen LogP contribution in [0.5, 0.6) is 0 Å². The van der Waals surface area contributed by atoms with Crippen LogP contribution in [0.4, 0.5) is 0 Å². The molecule has 102 valence electrons. The fourth-order valence-electron chi connectivity index (χ4n) is 5.10. The standard InChI is InChI=1S/C15H20N2O2/c1-8-6-11-9-7-17-10(4-3-5-12(17)18)14(13(8)9)15(19)16(11)2/h3-4,8-11,13-14H,5-7H2,1-2H3/t8-,9-,10?,11+,13?,14?/m1/s1. The van der Waals surface area contributed by atoms with Crippen molar-refractivity contribution in [3.05, 3.63) is 12.2 Å². The first kappa shape index (κ1) is 11.5. The summed E-state index contributed by atoms with van der Waals surface area (Å²) in [5.41, 5.74) is 0. The van der Waals surface area contributed by atoms with E-state index in [9.17, 15) is 9.59 Å². The summed E-state index contributed by atoms with van der Waals surface area (Å²) in [6.45, 7) is 3.13.